The predicted octanol–water partition coefficient (Wildman–Crippen LogP) is 4.84. The topological polar surface area (TPSA) is 12.9 Å². The fraction of sp³-hybridized carbons (Fsp3) is 0.308. The maximum atomic E-state index is 13.9. The van der Waals surface area contributed by atoms with Gasteiger partial charge in [-0.25, -0.2) is 9.37 Å². The van der Waals surface area contributed by atoms with Crippen molar-refractivity contribution in [2.75, 3.05) is 12.1 Å². The smallest absolute Gasteiger partial charge is 0.134 e. The lowest BCUT2D eigenvalue weighted by Crippen LogP contribution is -1.90. The zero-order chi connectivity index (χ0) is 13.0. The molecule has 5 heteroatoms. The Morgan fingerprint density at radius 3 is 3.00 bits per heavy atom. The summed E-state index contributed by atoms with van der Waals surface area (Å²) in [6.45, 7) is 0. The Morgan fingerprint density at radius 2 is 2.28 bits per heavy atom. The third-order valence-electron chi connectivity index (χ3n) is 2.53. The average Bonchev–Trinajstić information content (AvgIpc) is 2.84. The predicted molar refractivity (Wildman–Crippen MR) is 78.3 cm³/mol. The van der Waals surface area contributed by atoms with Crippen LogP contribution in [0, 0.1) is 5.82 Å². The van der Waals surface area contributed by atoms with Gasteiger partial charge in [0.05, 0.1) is 11.3 Å². The van der Waals surface area contributed by atoms with Crippen molar-refractivity contribution in [1.29, 1.82) is 0 Å². The zero-order valence-corrected chi connectivity index (χ0v) is 12.3. The molecule has 0 bridgehead atoms. The van der Waals surface area contributed by atoms with Crippen molar-refractivity contribution in [3.63, 3.8) is 0 Å². The first-order valence-corrected chi connectivity index (χ1v) is 8.23. The molecule has 1 aromatic heterocycles. The number of aryl methyl sites for hydroxylation is 1. The number of thioether (sulfide) groups is 1. The molecule has 0 fully saturated rings. The molecule has 0 atom stereocenters. The van der Waals surface area contributed by atoms with Crippen LogP contribution in [0.4, 0.5) is 4.39 Å². The van der Waals surface area contributed by atoms with E-state index in [0.717, 1.165) is 28.4 Å². The third kappa shape index (κ3) is 3.05. The van der Waals surface area contributed by atoms with Crippen LogP contribution < -0.4 is 0 Å². The fourth-order valence-corrected chi connectivity index (χ4v) is 3.39. The summed E-state index contributed by atoms with van der Waals surface area (Å²) in [5.74, 6) is 0.419. The summed E-state index contributed by atoms with van der Waals surface area (Å²) < 4.78 is 13.9. The molecule has 2 aromatic rings. The normalized spacial score (nSPS) is 10.8. The van der Waals surface area contributed by atoms with Crippen LogP contribution in [0.3, 0.4) is 0 Å². The number of hydrogen-bond donors (Lipinski definition) is 0. The highest BCUT2D eigenvalue weighted by Crippen LogP contribution is 2.34. The molecule has 0 aliphatic heterocycles. The van der Waals surface area contributed by atoms with E-state index in [2.05, 4.69) is 4.98 Å². The zero-order valence-electron chi connectivity index (χ0n) is 9.95. The van der Waals surface area contributed by atoms with Crippen molar-refractivity contribution in [2.45, 2.75) is 17.7 Å². The summed E-state index contributed by atoms with van der Waals surface area (Å²) in [6.07, 6.45) is 3.70. The minimum absolute atomic E-state index is 0.208. The lowest BCUT2D eigenvalue weighted by atomic mass is 10.2. The second-order valence-corrected chi connectivity index (χ2v) is 5.84. The van der Waals surface area contributed by atoms with Gasteiger partial charge in [-0.1, -0.05) is 6.07 Å². The van der Waals surface area contributed by atoms with Gasteiger partial charge in [0.15, 0.2) is 0 Å². The van der Waals surface area contributed by atoms with Gasteiger partial charge in [-0.2, -0.15) is 0 Å². The number of benzene rings is 1. The minimum Gasteiger partial charge on any atom is -0.241 e. The Labute approximate surface area is 119 Å². The maximum Gasteiger partial charge on any atom is 0.134 e. The molecule has 0 amide bonds. The first kappa shape index (κ1) is 13.8. The summed E-state index contributed by atoms with van der Waals surface area (Å²) in [5, 5.41) is 2.74. The van der Waals surface area contributed by atoms with E-state index in [1.807, 2.05) is 17.7 Å². The summed E-state index contributed by atoms with van der Waals surface area (Å²) in [5.41, 5.74) is 1.61. The molecule has 1 aromatic carbocycles. The molecule has 1 heterocycles. The highest BCUT2D eigenvalue weighted by molar-refractivity contribution is 7.98. The van der Waals surface area contributed by atoms with Gasteiger partial charge >= 0.3 is 0 Å². The second-order valence-electron chi connectivity index (χ2n) is 3.75. The van der Waals surface area contributed by atoms with Crippen LogP contribution in [0.15, 0.2) is 28.5 Å². The SMILES string of the molecule is CSc1cccc(F)c1-c1nc(CCCCl)cs1. The van der Waals surface area contributed by atoms with Gasteiger partial charge in [0.2, 0.25) is 0 Å². The molecule has 2 rings (SSSR count). The van der Waals surface area contributed by atoms with Crippen molar-refractivity contribution in [2.24, 2.45) is 0 Å². The largest absolute Gasteiger partial charge is 0.241 e. The Hall–Kier alpha value is -0.580. The number of rotatable bonds is 5. The molecule has 18 heavy (non-hydrogen) atoms. The highest BCUT2D eigenvalue weighted by atomic mass is 35.5. The molecule has 0 aliphatic rings. The standard InChI is InChI=1S/C13H13ClFNS2/c1-17-11-6-2-5-10(15)12(11)13-16-9(8-18-13)4-3-7-14/h2,5-6,8H,3-4,7H2,1H3. The Morgan fingerprint density at radius 1 is 1.44 bits per heavy atom. The van der Waals surface area contributed by atoms with E-state index in [1.165, 1.54) is 29.2 Å². The van der Waals surface area contributed by atoms with Crippen molar-refractivity contribution < 1.29 is 4.39 Å². The summed E-state index contributed by atoms with van der Waals surface area (Å²) >= 11 is 8.69. The molecule has 1 nitrogen and oxygen atoms in total. The minimum atomic E-state index is -0.208. The lowest BCUT2D eigenvalue weighted by molar-refractivity contribution is 0.628. The van der Waals surface area contributed by atoms with Gasteiger partial charge in [-0.15, -0.1) is 34.7 Å². The Kier molecular flexibility index (Phi) is 5.03. The number of thiazole rings is 1. The molecule has 0 aliphatic carbocycles. The fourth-order valence-electron chi connectivity index (χ4n) is 1.67. The molecule has 0 saturated heterocycles. The van der Waals surface area contributed by atoms with Crippen LogP contribution in [0.1, 0.15) is 12.1 Å². The van der Waals surface area contributed by atoms with Gasteiger partial charge in [0.25, 0.3) is 0 Å². The summed E-state index contributed by atoms with van der Waals surface area (Å²) in [7, 11) is 0. The molecular weight excluding hydrogens is 289 g/mol. The van der Waals surface area contributed by atoms with Crippen molar-refractivity contribution in [3.8, 4) is 10.6 Å². The maximum absolute atomic E-state index is 13.9. The second kappa shape index (κ2) is 6.55. The van der Waals surface area contributed by atoms with E-state index in [9.17, 15) is 4.39 Å². The number of hydrogen-bond acceptors (Lipinski definition) is 3. The summed E-state index contributed by atoms with van der Waals surface area (Å²) in [4.78, 5) is 5.42. The van der Waals surface area contributed by atoms with E-state index in [1.54, 1.807) is 6.07 Å². The quantitative estimate of drug-likeness (QED) is 0.579. The van der Waals surface area contributed by atoms with Gasteiger partial charge in [0, 0.05) is 16.2 Å². The van der Waals surface area contributed by atoms with Gasteiger partial charge in [0.1, 0.15) is 10.8 Å². The van der Waals surface area contributed by atoms with E-state index in [4.69, 9.17) is 11.6 Å². The molecule has 0 N–H and O–H groups in total. The number of alkyl halides is 1. The Balaban J connectivity index is 2.33. The molecule has 0 spiro atoms. The van der Waals surface area contributed by atoms with Gasteiger partial charge in [-0.05, 0) is 31.2 Å². The monoisotopic (exact) mass is 301 g/mol. The lowest BCUT2D eigenvalue weighted by Gasteiger charge is -2.05. The molecular formula is C13H13ClFNS2. The number of aromatic nitrogens is 1. The van der Waals surface area contributed by atoms with Crippen LogP contribution in [0.5, 0.6) is 0 Å². The van der Waals surface area contributed by atoms with Crippen molar-refractivity contribution in [3.05, 3.63) is 35.1 Å². The van der Waals surface area contributed by atoms with E-state index in [0.29, 0.717) is 11.4 Å². The van der Waals surface area contributed by atoms with Gasteiger partial charge in [-0.3, -0.25) is 0 Å². The first-order chi connectivity index (χ1) is 8.76. The van der Waals surface area contributed by atoms with E-state index < -0.39 is 0 Å². The molecule has 96 valence electrons. The Bertz CT molecular complexity index is 527. The highest BCUT2D eigenvalue weighted by Gasteiger charge is 2.13. The number of halogens is 2. The first-order valence-electron chi connectivity index (χ1n) is 5.59. The van der Waals surface area contributed by atoms with Crippen LogP contribution in [0.2, 0.25) is 0 Å². The molecule has 0 saturated carbocycles. The van der Waals surface area contributed by atoms with Gasteiger partial charge < -0.3 is 0 Å². The van der Waals surface area contributed by atoms with E-state index in [-0.39, 0.29) is 5.82 Å². The van der Waals surface area contributed by atoms with Crippen LogP contribution in [0.25, 0.3) is 10.6 Å². The van der Waals surface area contributed by atoms with Crippen LogP contribution in [-0.4, -0.2) is 17.1 Å². The number of nitrogens with zero attached hydrogens (tertiary/aromatic N) is 1. The van der Waals surface area contributed by atoms with E-state index >= 15 is 0 Å². The molecule has 0 unspecified atom stereocenters. The van der Waals surface area contributed by atoms with Crippen molar-refractivity contribution >= 4 is 34.7 Å². The van der Waals surface area contributed by atoms with Crippen LogP contribution >= 0.6 is 34.7 Å². The summed E-state index contributed by atoms with van der Waals surface area (Å²) in [6, 6.07) is 5.13. The van der Waals surface area contributed by atoms with Crippen LogP contribution in [-0.2, 0) is 6.42 Å². The third-order valence-corrected chi connectivity index (χ3v) is 4.48. The molecule has 0 radical (unpaired) electrons. The average molecular weight is 302 g/mol. The van der Waals surface area contributed by atoms with Crippen molar-refractivity contribution in [1.82, 2.24) is 4.98 Å².